The van der Waals surface area contributed by atoms with Gasteiger partial charge in [-0.15, -0.1) is 0 Å². The molecule has 0 saturated heterocycles. The van der Waals surface area contributed by atoms with Gasteiger partial charge in [0, 0.05) is 31.3 Å². The van der Waals surface area contributed by atoms with Crippen molar-refractivity contribution in [2.45, 2.75) is 62.2 Å². The molecule has 2 aliphatic rings. The molecule has 40 heavy (non-hydrogen) atoms. The van der Waals surface area contributed by atoms with Gasteiger partial charge in [-0.1, -0.05) is 18.8 Å². The number of amides is 1. The van der Waals surface area contributed by atoms with E-state index in [1.807, 2.05) is 6.92 Å². The summed E-state index contributed by atoms with van der Waals surface area (Å²) in [5.41, 5.74) is -0.414. The Balaban J connectivity index is 1.65. The number of aliphatic hydroxyl groups is 2. The quantitative estimate of drug-likeness (QED) is 0.485. The monoisotopic (exact) mass is 571 g/mol. The normalized spacial score (nSPS) is 21.5. The van der Waals surface area contributed by atoms with E-state index < -0.39 is 27.8 Å². The Bertz CT molecular complexity index is 1380. The molecule has 1 amide bonds. The summed E-state index contributed by atoms with van der Waals surface area (Å²) in [4.78, 5) is 19.7. The lowest BCUT2D eigenvalue weighted by Crippen LogP contribution is -2.50. The van der Waals surface area contributed by atoms with Gasteiger partial charge in [0.25, 0.3) is 5.91 Å². The van der Waals surface area contributed by atoms with Gasteiger partial charge in [-0.3, -0.25) is 4.79 Å². The number of aliphatic hydroxyl groups excluding tert-OH is 1. The van der Waals surface area contributed by atoms with E-state index in [0.717, 1.165) is 12.8 Å². The van der Waals surface area contributed by atoms with Gasteiger partial charge in [-0.05, 0) is 62.9 Å². The van der Waals surface area contributed by atoms with Gasteiger partial charge < -0.3 is 24.6 Å². The highest BCUT2D eigenvalue weighted by Crippen LogP contribution is 2.30. The summed E-state index contributed by atoms with van der Waals surface area (Å²) in [6.45, 7) is 3.60. The number of hydrogen-bond acceptors (Lipinski definition) is 8. The number of fused-ring (bicyclic) bond motifs is 1. The SMILES string of the molecule is COc1ccc(S(=O)(=O)N(C)C[C@H]2Oc3ncc(C#CC4(O)CCCC4)cc3C(=O)N([C@H](C)CO)C[C@H]2C)cc1. The van der Waals surface area contributed by atoms with Crippen LogP contribution in [0.1, 0.15) is 55.5 Å². The first-order valence-corrected chi connectivity index (χ1v) is 14.9. The fourth-order valence-electron chi connectivity index (χ4n) is 4.94. The Hall–Kier alpha value is -3.17. The first-order chi connectivity index (χ1) is 19.0. The van der Waals surface area contributed by atoms with Gasteiger partial charge in [-0.25, -0.2) is 13.4 Å². The van der Waals surface area contributed by atoms with Gasteiger partial charge in [0.2, 0.25) is 15.9 Å². The third-order valence-electron chi connectivity index (χ3n) is 7.60. The number of likely N-dealkylation sites (N-methyl/N-ethyl adjacent to an activating group) is 1. The van der Waals surface area contributed by atoms with Crippen molar-refractivity contribution in [1.82, 2.24) is 14.2 Å². The molecule has 0 unspecified atom stereocenters. The molecule has 11 heteroatoms. The second-order valence-electron chi connectivity index (χ2n) is 10.6. The Morgan fingerprint density at radius 3 is 2.58 bits per heavy atom. The molecular formula is C29H37N3O7S. The van der Waals surface area contributed by atoms with Crippen molar-refractivity contribution in [3.63, 3.8) is 0 Å². The zero-order chi connectivity index (χ0) is 29.1. The van der Waals surface area contributed by atoms with Crippen molar-refractivity contribution < 1.29 is 32.9 Å². The second-order valence-corrected chi connectivity index (χ2v) is 12.7. The summed E-state index contributed by atoms with van der Waals surface area (Å²) < 4.78 is 39.2. The molecular weight excluding hydrogens is 534 g/mol. The summed E-state index contributed by atoms with van der Waals surface area (Å²) in [5.74, 6) is 5.84. The lowest BCUT2D eigenvalue weighted by atomic mass is 10.00. The number of methoxy groups -OCH3 is 1. The standard InChI is InChI=1S/C29H37N3O7S/c1-20-17-32(21(2)19-33)28(34)25-15-22(11-14-29(35)12-5-6-13-29)16-30-27(25)39-26(20)18-31(3)40(36,37)24-9-7-23(38-4)8-10-24/h7-10,15-16,20-21,26,33,35H,5-6,12-13,17-19H2,1-4H3/t20-,21-,26-/m1/s1. The van der Waals surface area contributed by atoms with Crippen LogP contribution in [0.25, 0.3) is 0 Å². The Morgan fingerprint density at radius 1 is 1.27 bits per heavy atom. The molecule has 1 saturated carbocycles. The number of carbonyl (C=O) groups is 1. The third-order valence-corrected chi connectivity index (χ3v) is 9.43. The molecule has 4 rings (SSSR count). The minimum absolute atomic E-state index is 0.000769. The fraction of sp³-hybridized carbons (Fsp3) is 0.517. The molecule has 1 aromatic heterocycles. The highest BCUT2D eigenvalue weighted by atomic mass is 32.2. The smallest absolute Gasteiger partial charge is 0.259 e. The van der Waals surface area contributed by atoms with E-state index in [0.29, 0.717) is 24.2 Å². The summed E-state index contributed by atoms with van der Waals surface area (Å²) >= 11 is 0. The maximum atomic E-state index is 13.6. The summed E-state index contributed by atoms with van der Waals surface area (Å²) in [5, 5.41) is 20.5. The molecule has 2 heterocycles. The number of nitrogens with zero attached hydrogens (tertiary/aromatic N) is 3. The van der Waals surface area contributed by atoms with Crippen LogP contribution in [-0.4, -0.2) is 90.3 Å². The zero-order valence-corrected chi connectivity index (χ0v) is 24.1. The van der Waals surface area contributed by atoms with E-state index in [1.165, 1.54) is 36.8 Å². The van der Waals surface area contributed by atoms with Crippen molar-refractivity contribution in [1.29, 1.82) is 0 Å². The number of pyridine rings is 1. The Kier molecular flexibility index (Phi) is 9.05. The Morgan fingerprint density at radius 2 is 1.95 bits per heavy atom. The summed E-state index contributed by atoms with van der Waals surface area (Å²) in [6, 6.07) is 7.23. The third kappa shape index (κ3) is 6.41. The number of benzene rings is 1. The van der Waals surface area contributed by atoms with Gasteiger partial charge in [0.05, 0.1) is 31.2 Å². The van der Waals surface area contributed by atoms with E-state index in [1.54, 1.807) is 30.0 Å². The molecule has 0 bridgehead atoms. The van der Waals surface area contributed by atoms with Crippen LogP contribution in [0.5, 0.6) is 11.6 Å². The number of sulfonamides is 1. The van der Waals surface area contributed by atoms with Crippen molar-refractivity contribution in [2.24, 2.45) is 5.92 Å². The van der Waals surface area contributed by atoms with Crippen LogP contribution in [0.15, 0.2) is 41.4 Å². The fourth-order valence-corrected chi connectivity index (χ4v) is 6.12. The van der Waals surface area contributed by atoms with E-state index in [4.69, 9.17) is 9.47 Å². The van der Waals surface area contributed by atoms with Crippen molar-refractivity contribution in [2.75, 3.05) is 33.9 Å². The molecule has 3 atom stereocenters. The summed E-state index contributed by atoms with van der Waals surface area (Å²) in [6.07, 6.45) is 3.87. The van der Waals surface area contributed by atoms with Crippen LogP contribution >= 0.6 is 0 Å². The van der Waals surface area contributed by atoms with Gasteiger partial charge in [0.15, 0.2) is 0 Å². The molecule has 1 aliphatic heterocycles. The molecule has 0 spiro atoms. The average molecular weight is 572 g/mol. The van der Waals surface area contributed by atoms with E-state index >= 15 is 0 Å². The number of aromatic nitrogens is 1. The van der Waals surface area contributed by atoms with Crippen LogP contribution in [0.2, 0.25) is 0 Å². The van der Waals surface area contributed by atoms with E-state index in [2.05, 4.69) is 16.8 Å². The summed E-state index contributed by atoms with van der Waals surface area (Å²) in [7, 11) is -0.854. The Labute approximate surface area is 236 Å². The molecule has 2 aromatic rings. The molecule has 0 radical (unpaired) electrons. The van der Waals surface area contributed by atoms with Crippen LogP contribution in [-0.2, 0) is 10.0 Å². The average Bonchev–Trinajstić information content (AvgIpc) is 3.39. The molecule has 1 aliphatic carbocycles. The van der Waals surface area contributed by atoms with Crippen molar-refractivity contribution >= 4 is 15.9 Å². The minimum Gasteiger partial charge on any atom is -0.497 e. The largest absolute Gasteiger partial charge is 0.497 e. The molecule has 1 fully saturated rings. The number of ether oxygens (including phenoxy) is 2. The zero-order valence-electron chi connectivity index (χ0n) is 23.3. The first-order valence-electron chi connectivity index (χ1n) is 13.4. The van der Waals surface area contributed by atoms with Crippen LogP contribution in [0, 0.1) is 17.8 Å². The van der Waals surface area contributed by atoms with Crippen LogP contribution in [0.3, 0.4) is 0 Å². The molecule has 2 N–H and O–H groups in total. The predicted molar refractivity (Wildman–Crippen MR) is 149 cm³/mol. The lowest BCUT2D eigenvalue weighted by Gasteiger charge is -2.37. The second kappa shape index (κ2) is 12.1. The number of carbonyl (C=O) groups excluding carboxylic acids is 1. The number of hydrogen-bond donors (Lipinski definition) is 2. The van der Waals surface area contributed by atoms with Crippen molar-refractivity contribution in [3.05, 3.63) is 47.7 Å². The van der Waals surface area contributed by atoms with Gasteiger partial charge in [-0.2, -0.15) is 4.31 Å². The minimum atomic E-state index is -3.84. The molecule has 1 aromatic carbocycles. The first kappa shape index (κ1) is 29.8. The molecule has 216 valence electrons. The van der Waals surface area contributed by atoms with E-state index in [-0.39, 0.29) is 47.9 Å². The maximum absolute atomic E-state index is 13.6. The van der Waals surface area contributed by atoms with E-state index in [9.17, 15) is 23.4 Å². The van der Waals surface area contributed by atoms with Gasteiger partial charge >= 0.3 is 0 Å². The highest BCUT2D eigenvalue weighted by molar-refractivity contribution is 7.89. The number of rotatable bonds is 7. The van der Waals surface area contributed by atoms with Crippen LogP contribution in [0.4, 0.5) is 0 Å². The van der Waals surface area contributed by atoms with Gasteiger partial charge in [0.1, 0.15) is 23.0 Å². The highest BCUT2D eigenvalue weighted by Gasteiger charge is 2.36. The topological polar surface area (TPSA) is 130 Å². The van der Waals surface area contributed by atoms with Crippen LogP contribution < -0.4 is 9.47 Å². The maximum Gasteiger partial charge on any atom is 0.259 e. The molecule has 10 nitrogen and oxygen atoms in total. The van der Waals surface area contributed by atoms with Crippen molar-refractivity contribution in [3.8, 4) is 23.5 Å². The predicted octanol–water partition coefficient (Wildman–Crippen LogP) is 2.29. The lowest BCUT2D eigenvalue weighted by molar-refractivity contribution is 0.0373.